The molecule has 130 valence electrons. The van der Waals surface area contributed by atoms with E-state index in [1.165, 1.54) is 17.6 Å². The highest BCUT2D eigenvalue weighted by atomic mass is 35.5. The molecule has 1 aromatic heterocycles. The predicted molar refractivity (Wildman–Crippen MR) is 101 cm³/mol. The normalized spacial score (nSPS) is 10.7. The first kappa shape index (κ1) is 17.7. The molecule has 0 aliphatic heterocycles. The summed E-state index contributed by atoms with van der Waals surface area (Å²) in [6.07, 6.45) is 1.40. The van der Waals surface area contributed by atoms with E-state index in [0.717, 1.165) is 11.1 Å². The van der Waals surface area contributed by atoms with Gasteiger partial charge in [-0.2, -0.15) is 5.10 Å². The molecule has 26 heavy (non-hydrogen) atoms. The Kier molecular flexibility index (Phi) is 5.67. The number of hydrogen-bond acceptors (Lipinski definition) is 6. The molecule has 0 radical (unpaired) electrons. The molecule has 0 fully saturated rings. The summed E-state index contributed by atoms with van der Waals surface area (Å²) < 4.78 is 0. The molecule has 9 heteroatoms. The van der Waals surface area contributed by atoms with Crippen molar-refractivity contribution in [1.82, 2.24) is 15.6 Å². The molecule has 7 nitrogen and oxygen atoms in total. The van der Waals surface area contributed by atoms with E-state index in [0.29, 0.717) is 10.0 Å². The van der Waals surface area contributed by atoms with Crippen LogP contribution in [0, 0.1) is 0 Å². The summed E-state index contributed by atoms with van der Waals surface area (Å²) in [6.45, 7) is 0. The Morgan fingerprint density at radius 1 is 1.00 bits per heavy atom. The molecule has 0 unspecified atom stereocenters. The van der Waals surface area contributed by atoms with Crippen molar-refractivity contribution < 1.29 is 9.59 Å². The van der Waals surface area contributed by atoms with Gasteiger partial charge in [0, 0.05) is 10.6 Å². The van der Waals surface area contributed by atoms with E-state index in [-0.39, 0.29) is 5.13 Å². The van der Waals surface area contributed by atoms with E-state index in [4.69, 9.17) is 11.6 Å². The summed E-state index contributed by atoms with van der Waals surface area (Å²) >= 11 is 6.95. The van der Waals surface area contributed by atoms with Crippen LogP contribution in [0.15, 0.2) is 59.7 Å². The van der Waals surface area contributed by atoms with Crippen molar-refractivity contribution in [2.75, 3.05) is 5.32 Å². The molecule has 2 aromatic carbocycles. The average Bonchev–Trinajstić information content (AvgIpc) is 3.12. The summed E-state index contributed by atoms with van der Waals surface area (Å²) in [6, 6.07) is 16.2. The summed E-state index contributed by atoms with van der Waals surface area (Å²) in [7, 11) is 0. The van der Waals surface area contributed by atoms with E-state index in [2.05, 4.69) is 26.0 Å². The van der Waals surface area contributed by atoms with Gasteiger partial charge in [-0.05, 0) is 17.7 Å². The number of anilines is 1. The largest absolute Gasteiger partial charge is 0.329 e. The molecular formula is C17H12ClN5O2S. The minimum absolute atomic E-state index is 0.227. The van der Waals surface area contributed by atoms with Gasteiger partial charge >= 0.3 is 11.8 Å². The standard InChI is InChI=1S/C17H12ClN5O2S/c18-13-8-6-11(7-9-13)10-19-21-15(25)14(24)20-17-23-22-16(26-17)12-4-2-1-3-5-12/h1-10H,(H,21,25)(H,20,23,24)/b19-10+. The van der Waals surface area contributed by atoms with Crippen LogP contribution in [0.25, 0.3) is 10.6 Å². The first-order valence-corrected chi connectivity index (χ1v) is 8.60. The molecule has 0 saturated carbocycles. The molecular weight excluding hydrogens is 374 g/mol. The maximum atomic E-state index is 11.9. The molecule has 0 atom stereocenters. The Morgan fingerprint density at radius 3 is 2.46 bits per heavy atom. The maximum Gasteiger partial charge on any atom is 0.329 e. The molecule has 0 saturated heterocycles. The third-order valence-electron chi connectivity index (χ3n) is 3.12. The molecule has 2 amide bonds. The Morgan fingerprint density at radius 2 is 1.73 bits per heavy atom. The van der Waals surface area contributed by atoms with Gasteiger partial charge in [0.2, 0.25) is 5.13 Å². The highest BCUT2D eigenvalue weighted by Gasteiger charge is 2.16. The predicted octanol–water partition coefficient (Wildman–Crippen LogP) is 2.95. The number of carbonyl (C=O) groups excluding carboxylic acids is 2. The SMILES string of the molecule is O=C(N/N=C/c1ccc(Cl)cc1)C(=O)Nc1nnc(-c2ccccc2)s1. The van der Waals surface area contributed by atoms with Gasteiger partial charge in [0.05, 0.1) is 6.21 Å². The molecule has 0 aliphatic rings. The Bertz CT molecular complexity index is 941. The van der Waals surface area contributed by atoms with Gasteiger partial charge in [-0.3, -0.25) is 14.9 Å². The van der Waals surface area contributed by atoms with E-state index < -0.39 is 11.8 Å². The summed E-state index contributed by atoms with van der Waals surface area (Å²) in [4.78, 5) is 23.6. The van der Waals surface area contributed by atoms with Gasteiger partial charge in [0.1, 0.15) is 5.01 Å². The van der Waals surface area contributed by atoms with Crippen LogP contribution in [-0.4, -0.2) is 28.2 Å². The Labute approximate surface area is 157 Å². The summed E-state index contributed by atoms with van der Waals surface area (Å²) in [5.74, 6) is -1.79. The molecule has 2 N–H and O–H groups in total. The molecule has 1 heterocycles. The number of carbonyl (C=O) groups is 2. The van der Waals surface area contributed by atoms with Gasteiger partial charge in [-0.25, -0.2) is 5.43 Å². The molecule has 3 aromatic rings. The number of rotatable bonds is 4. The molecule has 3 rings (SSSR count). The fourth-order valence-electron chi connectivity index (χ4n) is 1.89. The van der Waals surface area contributed by atoms with Crippen molar-refractivity contribution in [3.05, 3.63) is 65.2 Å². The van der Waals surface area contributed by atoms with Crippen molar-refractivity contribution in [2.24, 2.45) is 5.10 Å². The fourth-order valence-corrected chi connectivity index (χ4v) is 2.76. The summed E-state index contributed by atoms with van der Waals surface area (Å²) in [5, 5.41) is 15.4. The molecule has 0 bridgehead atoms. The van der Waals surface area contributed by atoms with Gasteiger partial charge < -0.3 is 0 Å². The zero-order valence-electron chi connectivity index (χ0n) is 13.2. The van der Waals surface area contributed by atoms with Gasteiger partial charge in [0.15, 0.2) is 0 Å². The molecule has 0 aliphatic carbocycles. The van der Waals surface area contributed by atoms with Crippen molar-refractivity contribution in [3.8, 4) is 10.6 Å². The van der Waals surface area contributed by atoms with Gasteiger partial charge in [0.25, 0.3) is 0 Å². The van der Waals surface area contributed by atoms with Gasteiger partial charge in [-0.15, -0.1) is 10.2 Å². The minimum atomic E-state index is -0.910. The third-order valence-corrected chi connectivity index (χ3v) is 4.26. The Balaban J connectivity index is 1.55. The van der Waals surface area contributed by atoms with Crippen LogP contribution in [0.5, 0.6) is 0 Å². The quantitative estimate of drug-likeness (QED) is 0.410. The number of hydrogen-bond donors (Lipinski definition) is 2. The number of hydrazone groups is 1. The first-order valence-electron chi connectivity index (χ1n) is 7.41. The lowest BCUT2D eigenvalue weighted by atomic mass is 10.2. The number of amides is 2. The van der Waals surface area contributed by atoms with Crippen LogP contribution < -0.4 is 10.7 Å². The minimum Gasteiger partial charge on any atom is -0.292 e. The Hall–Kier alpha value is -3.10. The van der Waals surface area contributed by atoms with E-state index in [1.54, 1.807) is 24.3 Å². The number of aromatic nitrogens is 2. The van der Waals surface area contributed by atoms with Crippen LogP contribution >= 0.6 is 22.9 Å². The zero-order chi connectivity index (χ0) is 18.4. The number of halogens is 1. The second kappa shape index (κ2) is 8.32. The highest BCUT2D eigenvalue weighted by Crippen LogP contribution is 2.25. The molecule has 0 spiro atoms. The smallest absolute Gasteiger partial charge is 0.292 e. The van der Waals surface area contributed by atoms with E-state index in [9.17, 15) is 9.59 Å². The number of nitrogens with one attached hydrogen (secondary N) is 2. The van der Waals surface area contributed by atoms with Crippen molar-refractivity contribution in [2.45, 2.75) is 0 Å². The van der Waals surface area contributed by atoms with E-state index in [1.807, 2.05) is 30.3 Å². The van der Waals surface area contributed by atoms with E-state index >= 15 is 0 Å². The average molecular weight is 386 g/mol. The van der Waals surface area contributed by atoms with Crippen LogP contribution in [0.2, 0.25) is 5.02 Å². The topological polar surface area (TPSA) is 96.3 Å². The lowest BCUT2D eigenvalue weighted by Gasteiger charge is -1.99. The highest BCUT2D eigenvalue weighted by molar-refractivity contribution is 7.18. The van der Waals surface area contributed by atoms with Crippen molar-refractivity contribution in [1.29, 1.82) is 0 Å². The monoisotopic (exact) mass is 385 g/mol. The third kappa shape index (κ3) is 4.71. The first-order chi connectivity index (χ1) is 12.6. The van der Waals surface area contributed by atoms with Crippen LogP contribution in [0.4, 0.5) is 5.13 Å². The number of benzene rings is 2. The lowest BCUT2D eigenvalue weighted by Crippen LogP contribution is -2.32. The lowest BCUT2D eigenvalue weighted by molar-refractivity contribution is -0.136. The van der Waals surface area contributed by atoms with Crippen LogP contribution in [0.3, 0.4) is 0 Å². The van der Waals surface area contributed by atoms with Crippen LogP contribution in [-0.2, 0) is 9.59 Å². The van der Waals surface area contributed by atoms with Gasteiger partial charge in [-0.1, -0.05) is 65.4 Å². The summed E-state index contributed by atoms with van der Waals surface area (Å²) in [5.41, 5.74) is 3.75. The van der Waals surface area contributed by atoms with Crippen molar-refractivity contribution in [3.63, 3.8) is 0 Å². The maximum absolute atomic E-state index is 11.9. The zero-order valence-corrected chi connectivity index (χ0v) is 14.8. The van der Waals surface area contributed by atoms with Crippen LogP contribution in [0.1, 0.15) is 5.56 Å². The number of nitrogens with zero attached hydrogens (tertiary/aromatic N) is 3. The second-order valence-corrected chi connectivity index (χ2v) is 6.40. The fraction of sp³-hybridized carbons (Fsp3) is 0. The van der Waals surface area contributed by atoms with Crippen molar-refractivity contribution >= 4 is 46.1 Å². The second-order valence-electron chi connectivity index (χ2n) is 4.98.